The Kier molecular flexibility index (Phi) is 7.96. The standard InChI is InChI=1S/C20H23ClN2O3/c1-26-18-4-2-3-16(13-18)10-12-23-20(25)14-19(24)22-11-9-15-5-7-17(21)8-6-15/h2-8,13H,9-12,14H2,1H3,(H,22,24)(H,23,25). The Morgan fingerprint density at radius 2 is 1.54 bits per heavy atom. The number of methoxy groups -OCH3 is 1. The molecule has 0 bridgehead atoms. The second-order valence-electron chi connectivity index (χ2n) is 5.85. The van der Waals surface area contributed by atoms with Gasteiger partial charge in [0.05, 0.1) is 7.11 Å². The molecule has 0 spiro atoms. The van der Waals surface area contributed by atoms with Crippen molar-refractivity contribution >= 4 is 23.4 Å². The van der Waals surface area contributed by atoms with Crippen molar-refractivity contribution in [1.29, 1.82) is 0 Å². The van der Waals surface area contributed by atoms with Gasteiger partial charge >= 0.3 is 0 Å². The van der Waals surface area contributed by atoms with Crippen LogP contribution in [0.5, 0.6) is 5.75 Å². The van der Waals surface area contributed by atoms with E-state index in [1.807, 2.05) is 48.5 Å². The lowest BCUT2D eigenvalue weighted by molar-refractivity contribution is -0.129. The molecule has 0 aromatic heterocycles. The van der Waals surface area contributed by atoms with Gasteiger partial charge in [-0.1, -0.05) is 35.9 Å². The van der Waals surface area contributed by atoms with Crippen molar-refractivity contribution in [1.82, 2.24) is 10.6 Å². The Morgan fingerprint density at radius 1 is 0.923 bits per heavy atom. The van der Waals surface area contributed by atoms with Gasteiger partial charge in [-0.05, 0) is 48.2 Å². The number of amides is 2. The number of rotatable bonds is 9. The van der Waals surface area contributed by atoms with E-state index >= 15 is 0 Å². The molecular formula is C20H23ClN2O3. The molecule has 138 valence electrons. The van der Waals surface area contributed by atoms with Gasteiger partial charge in [-0.2, -0.15) is 0 Å². The number of hydrogen-bond acceptors (Lipinski definition) is 3. The van der Waals surface area contributed by atoms with E-state index < -0.39 is 0 Å². The Morgan fingerprint density at radius 3 is 2.15 bits per heavy atom. The lowest BCUT2D eigenvalue weighted by Gasteiger charge is -2.08. The van der Waals surface area contributed by atoms with E-state index in [1.54, 1.807) is 7.11 Å². The molecule has 0 aliphatic rings. The number of hydrogen-bond donors (Lipinski definition) is 2. The van der Waals surface area contributed by atoms with Crippen LogP contribution in [0.4, 0.5) is 0 Å². The Hall–Kier alpha value is -2.53. The zero-order valence-corrected chi connectivity index (χ0v) is 15.5. The van der Waals surface area contributed by atoms with Crippen LogP contribution < -0.4 is 15.4 Å². The minimum absolute atomic E-state index is 0.168. The van der Waals surface area contributed by atoms with E-state index in [1.165, 1.54) is 0 Å². The molecule has 0 aliphatic heterocycles. The number of carbonyl (C=O) groups is 2. The molecule has 2 aromatic carbocycles. The highest BCUT2D eigenvalue weighted by Crippen LogP contribution is 2.12. The summed E-state index contributed by atoms with van der Waals surface area (Å²) in [7, 11) is 1.62. The number of carbonyl (C=O) groups excluding carboxylic acids is 2. The quantitative estimate of drug-likeness (QED) is 0.663. The van der Waals surface area contributed by atoms with E-state index in [0.717, 1.165) is 16.9 Å². The van der Waals surface area contributed by atoms with Crippen molar-refractivity contribution in [3.63, 3.8) is 0 Å². The normalized spacial score (nSPS) is 10.2. The van der Waals surface area contributed by atoms with Crippen LogP contribution in [0, 0.1) is 0 Å². The predicted molar refractivity (Wildman–Crippen MR) is 102 cm³/mol. The summed E-state index contributed by atoms with van der Waals surface area (Å²) in [5, 5.41) is 6.19. The highest BCUT2D eigenvalue weighted by molar-refractivity contribution is 6.30. The van der Waals surface area contributed by atoms with Crippen LogP contribution in [0.15, 0.2) is 48.5 Å². The van der Waals surface area contributed by atoms with Crippen LogP contribution in [-0.2, 0) is 22.4 Å². The molecule has 0 saturated heterocycles. The molecule has 2 aromatic rings. The van der Waals surface area contributed by atoms with Crippen molar-refractivity contribution in [2.24, 2.45) is 0 Å². The van der Waals surface area contributed by atoms with Crippen LogP contribution in [0.2, 0.25) is 5.02 Å². The predicted octanol–water partition coefficient (Wildman–Crippen LogP) is 2.76. The molecule has 2 N–H and O–H groups in total. The van der Waals surface area contributed by atoms with Crippen molar-refractivity contribution in [3.8, 4) is 5.75 Å². The lowest BCUT2D eigenvalue weighted by Crippen LogP contribution is -2.33. The van der Waals surface area contributed by atoms with Gasteiger partial charge in [0, 0.05) is 18.1 Å². The van der Waals surface area contributed by atoms with Crippen LogP contribution in [-0.4, -0.2) is 32.0 Å². The fourth-order valence-corrected chi connectivity index (χ4v) is 2.57. The molecule has 0 aliphatic carbocycles. The number of nitrogens with one attached hydrogen (secondary N) is 2. The Bertz CT molecular complexity index is 732. The average Bonchev–Trinajstić information content (AvgIpc) is 2.63. The van der Waals surface area contributed by atoms with Gasteiger partial charge in [-0.3, -0.25) is 9.59 Å². The highest BCUT2D eigenvalue weighted by Gasteiger charge is 2.08. The van der Waals surface area contributed by atoms with Gasteiger partial charge in [-0.15, -0.1) is 0 Å². The van der Waals surface area contributed by atoms with Gasteiger partial charge in [0.15, 0.2) is 0 Å². The molecule has 6 heteroatoms. The van der Waals surface area contributed by atoms with Crippen LogP contribution in [0.3, 0.4) is 0 Å². The van der Waals surface area contributed by atoms with Gasteiger partial charge < -0.3 is 15.4 Å². The third kappa shape index (κ3) is 7.15. The maximum Gasteiger partial charge on any atom is 0.229 e. The number of benzene rings is 2. The summed E-state index contributed by atoms with van der Waals surface area (Å²) in [6.07, 6.45) is 1.21. The summed E-state index contributed by atoms with van der Waals surface area (Å²) in [5.74, 6) is 0.226. The Labute approximate surface area is 158 Å². The minimum atomic E-state index is -0.281. The first-order valence-corrected chi connectivity index (χ1v) is 8.85. The Balaban J connectivity index is 1.62. The highest BCUT2D eigenvalue weighted by atomic mass is 35.5. The van der Waals surface area contributed by atoms with Gasteiger partial charge in [0.1, 0.15) is 12.2 Å². The summed E-state index contributed by atoms with van der Waals surface area (Å²) < 4.78 is 5.16. The van der Waals surface area contributed by atoms with E-state index in [-0.39, 0.29) is 18.2 Å². The monoisotopic (exact) mass is 374 g/mol. The number of ether oxygens (including phenoxy) is 1. The first kappa shape index (κ1) is 19.8. The fourth-order valence-electron chi connectivity index (χ4n) is 2.44. The first-order chi connectivity index (χ1) is 12.6. The molecule has 0 saturated carbocycles. The topological polar surface area (TPSA) is 67.4 Å². The molecule has 2 rings (SSSR count). The first-order valence-electron chi connectivity index (χ1n) is 8.47. The molecule has 26 heavy (non-hydrogen) atoms. The number of halogens is 1. The summed E-state index contributed by atoms with van der Waals surface area (Å²) in [6, 6.07) is 15.1. The summed E-state index contributed by atoms with van der Waals surface area (Å²) in [5.41, 5.74) is 2.15. The second kappa shape index (κ2) is 10.5. The molecule has 0 radical (unpaired) electrons. The zero-order valence-electron chi connectivity index (χ0n) is 14.8. The second-order valence-corrected chi connectivity index (χ2v) is 6.29. The molecule has 0 unspecified atom stereocenters. The third-order valence-electron chi connectivity index (χ3n) is 3.84. The van der Waals surface area contributed by atoms with Crippen LogP contribution in [0.25, 0.3) is 0 Å². The molecule has 0 atom stereocenters. The van der Waals surface area contributed by atoms with Crippen molar-refractivity contribution < 1.29 is 14.3 Å². The fraction of sp³-hybridized carbons (Fsp3) is 0.300. The SMILES string of the molecule is COc1cccc(CCNC(=O)CC(=O)NCCc2ccc(Cl)cc2)c1. The maximum atomic E-state index is 11.8. The third-order valence-corrected chi connectivity index (χ3v) is 4.09. The van der Waals surface area contributed by atoms with E-state index in [2.05, 4.69) is 10.6 Å². The van der Waals surface area contributed by atoms with Gasteiger partial charge in [0.25, 0.3) is 0 Å². The largest absolute Gasteiger partial charge is 0.497 e. The zero-order chi connectivity index (χ0) is 18.8. The van der Waals surface area contributed by atoms with Gasteiger partial charge in [-0.25, -0.2) is 0 Å². The van der Waals surface area contributed by atoms with Crippen LogP contribution in [0.1, 0.15) is 17.5 Å². The summed E-state index contributed by atoms with van der Waals surface area (Å²) in [4.78, 5) is 23.6. The summed E-state index contributed by atoms with van der Waals surface area (Å²) >= 11 is 5.83. The van der Waals surface area contributed by atoms with Crippen molar-refractivity contribution in [2.75, 3.05) is 20.2 Å². The van der Waals surface area contributed by atoms with Crippen molar-refractivity contribution in [3.05, 3.63) is 64.7 Å². The summed E-state index contributed by atoms with van der Waals surface area (Å²) in [6.45, 7) is 0.960. The molecular weight excluding hydrogens is 352 g/mol. The van der Waals surface area contributed by atoms with Crippen molar-refractivity contribution in [2.45, 2.75) is 19.3 Å². The van der Waals surface area contributed by atoms with Gasteiger partial charge in [0.2, 0.25) is 11.8 Å². The van der Waals surface area contributed by atoms with E-state index in [0.29, 0.717) is 31.0 Å². The van der Waals surface area contributed by atoms with E-state index in [4.69, 9.17) is 16.3 Å². The van der Waals surface area contributed by atoms with Crippen LogP contribution >= 0.6 is 11.6 Å². The lowest BCUT2D eigenvalue weighted by atomic mass is 10.1. The molecule has 0 fully saturated rings. The maximum absolute atomic E-state index is 11.8. The average molecular weight is 375 g/mol. The molecule has 2 amide bonds. The molecule has 5 nitrogen and oxygen atoms in total. The minimum Gasteiger partial charge on any atom is -0.497 e. The smallest absolute Gasteiger partial charge is 0.229 e. The van der Waals surface area contributed by atoms with E-state index in [9.17, 15) is 9.59 Å². The molecule has 0 heterocycles.